The van der Waals surface area contributed by atoms with Gasteiger partial charge in [-0.3, -0.25) is 0 Å². The second-order valence-electron chi connectivity index (χ2n) is 13.2. The predicted octanol–water partition coefficient (Wildman–Crippen LogP) is 13.8. The Balaban J connectivity index is 1.07. The molecular formula is C48H33NO2. The largest absolute Gasteiger partial charge is 0.460 e. The molecule has 0 bridgehead atoms. The Kier molecular flexibility index (Phi) is 6.95. The highest BCUT2D eigenvalue weighted by Crippen LogP contribution is 2.42. The molecule has 2 heterocycles. The summed E-state index contributed by atoms with van der Waals surface area (Å²) in [5, 5.41) is 3.45. The number of hydrogen-bond acceptors (Lipinski definition) is 3. The van der Waals surface area contributed by atoms with Crippen molar-refractivity contribution < 1.29 is 8.83 Å². The molecule has 1 aliphatic rings. The molecule has 7 aromatic carbocycles. The van der Waals surface area contributed by atoms with Crippen LogP contribution in [0.1, 0.15) is 17.7 Å². The lowest BCUT2D eigenvalue weighted by atomic mass is 9.98. The van der Waals surface area contributed by atoms with Crippen LogP contribution in [0.2, 0.25) is 0 Å². The Morgan fingerprint density at radius 2 is 1.04 bits per heavy atom. The van der Waals surface area contributed by atoms with Gasteiger partial charge < -0.3 is 13.7 Å². The SMILES string of the molecule is C1=Cc2c(oc3c(-c4ccc(N(c5ccc(-c6cccc7c6oc6ccccc67)cc5)c5cccc(-c6ccccc6)c5)cc4)cccc23)CC1. The molecule has 51 heavy (non-hydrogen) atoms. The number of fused-ring (bicyclic) bond motifs is 6. The molecule has 3 heteroatoms. The lowest BCUT2D eigenvalue weighted by molar-refractivity contribution is 0.547. The third-order valence-corrected chi connectivity index (χ3v) is 10.1. The van der Waals surface area contributed by atoms with E-state index >= 15 is 0 Å². The molecule has 0 unspecified atom stereocenters. The van der Waals surface area contributed by atoms with E-state index < -0.39 is 0 Å². The Morgan fingerprint density at radius 3 is 1.78 bits per heavy atom. The molecule has 10 rings (SSSR count). The molecule has 0 saturated heterocycles. The van der Waals surface area contributed by atoms with Crippen molar-refractivity contribution in [2.75, 3.05) is 4.90 Å². The molecule has 9 aromatic rings. The maximum absolute atomic E-state index is 6.47. The summed E-state index contributed by atoms with van der Waals surface area (Å²) in [6.45, 7) is 0. The van der Waals surface area contributed by atoms with Crippen LogP contribution in [0.25, 0.3) is 72.4 Å². The first kappa shape index (κ1) is 29.3. The fraction of sp³-hybridized carbons (Fsp3) is 0.0417. The van der Waals surface area contributed by atoms with Crippen LogP contribution in [-0.2, 0) is 6.42 Å². The zero-order valence-electron chi connectivity index (χ0n) is 27.9. The predicted molar refractivity (Wildman–Crippen MR) is 212 cm³/mol. The fourth-order valence-corrected chi connectivity index (χ4v) is 7.66. The number of hydrogen-bond donors (Lipinski definition) is 0. The first-order valence-electron chi connectivity index (χ1n) is 17.6. The number of para-hydroxylation sites is 3. The molecular weight excluding hydrogens is 623 g/mol. The highest BCUT2D eigenvalue weighted by molar-refractivity contribution is 6.09. The normalized spacial score (nSPS) is 12.5. The summed E-state index contributed by atoms with van der Waals surface area (Å²) in [6.07, 6.45) is 6.42. The third-order valence-electron chi connectivity index (χ3n) is 10.1. The van der Waals surface area contributed by atoms with Gasteiger partial charge in [0.25, 0.3) is 0 Å². The molecule has 3 nitrogen and oxygen atoms in total. The highest BCUT2D eigenvalue weighted by atomic mass is 16.3. The van der Waals surface area contributed by atoms with Gasteiger partial charge in [0.1, 0.15) is 22.5 Å². The molecule has 0 aliphatic heterocycles. The van der Waals surface area contributed by atoms with E-state index in [1.54, 1.807) is 0 Å². The van der Waals surface area contributed by atoms with Gasteiger partial charge in [0, 0.05) is 56.3 Å². The summed E-state index contributed by atoms with van der Waals surface area (Å²) in [4.78, 5) is 2.33. The van der Waals surface area contributed by atoms with Crippen molar-refractivity contribution in [1.29, 1.82) is 0 Å². The fourth-order valence-electron chi connectivity index (χ4n) is 7.66. The molecule has 1 aliphatic carbocycles. The van der Waals surface area contributed by atoms with Gasteiger partial charge in [-0.1, -0.05) is 133 Å². The number of nitrogens with zero attached hydrogens (tertiary/aromatic N) is 1. The molecule has 0 saturated carbocycles. The number of aryl methyl sites for hydroxylation is 1. The minimum Gasteiger partial charge on any atom is -0.460 e. The van der Waals surface area contributed by atoms with Crippen LogP contribution in [0.3, 0.4) is 0 Å². The summed E-state index contributed by atoms with van der Waals surface area (Å²) >= 11 is 0. The lowest BCUT2D eigenvalue weighted by Gasteiger charge is -2.26. The average Bonchev–Trinajstić information content (AvgIpc) is 3.78. The van der Waals surface area contributed by atoms with Crippen molar-refractivity contribution in [1.82, 2.24) is 0 Å². The average molecular weight is 656 g/mol. The van der Waals surface area contributed by atoms with Gasteiger partial charge in [0.15, 0.2) is 0 Å². The number of anilines is 3. The Bertz CT molecular complexity index is 2730. The van der Waals surface area contributed by atoms with Gasteiger partial charge in [-0.2, -0.15) is 0 Å². The maximum Gasteiger partial charge on any atom is 0.143 e. The van der Waals surface area contributed by atoms with Crippen molar-refractivity contribution >= 4 is 56.0 Å². The number of rotatable bonds is 6. The standard InChI is InChI=1S/C48H33NO2/c1-2-11-32(12-3-1)35-13-8-14-38(31-35)49(36-27-23-33(24-28-36)39-17-9-19-43-41-15-4-6-21-45(41)50-47(39)43)37-29-25-34(26-30-37)40-18-10-20-44-42-16-5-7-22-46(42)51-48(40)44/h1-6,8-21,23-31H,7,22H2. The van der Waals surface area contributed by atoms with Gasteiger partial charge in [-0.15, -0.1) is 0 Å². The van der Waals surface area contributed by atoms with Crippen LogP contribution in [0, 0.1) is 0 Å². The molecule has 242 valence electrons. The van der Waals surface area contributed by atoms with Crippen molar-refractivity contribution in [2.24, 2.45) is 0 Å². The Hall–Kier alpha value is -6.58. The Labute approximate surface area is 296 Å². The molecule has 2 aromatic heterocycles. The van der Waals surface area contributed by atoms with Crippen molar-refractivity contribution in [3.05, 3.63) is 181 Å². The highest BCUT2D eigenvalue weighted by Gasteiger charge is 2.19. The van der Waals surface area contributed by atoms with Gasteiger partial charge in [-0.05, 0) is 71.1 Å². The van der Waals surface area contributed by atoms with Crippen LogP contribution in [-0.4, -0.2) is 0 Å². The van der Waals surface area contributed by atoms with Crippen molar-refractivity contribution in [3.8, 4) is 33.4 Å². The number of furan rings is 2. The molecule has 0 spiro atoms. The lowest BCUT2D eigenvalue weighted by Crippen LogP contribution is -2.10. The molecule has 0 N–H and O–H groups in total. The van der Waals surface area contributed by atoms with Crippen LogP contribution >= 0.6 is 0 Å². The van der Waals surface area contributed by atoms with Crippen LogP contribution in [0.15, 0.2) is 179 Å². The summed E-state index contributed by atoms with van der Waals surface area (Å²) in [6, 6.07) is 58.1. The van der Waals surface area contributed by atoms with Crippen molar-refractivity contribution in [3.63, 3.8) is 0 Å². The van der Waals surface area contributed by atoms with E-state index in [1.807, 2.05) is 12.1 Å². The second-order valence-corrected chi connectivity index (χ2v) is 13.2. The van der Waals surface area contributed by atoms with Gasteiger partial charge in [0.2, 0.25) is 0 Å². The molecule has 0 radical (unpaired) electrons. The molecule has 0 amide bonds. The monoisotopic (exact) mass is 655 g/mol. The summed E-state index contributed by atoms with van der Waals surface area (Å²) < 4.78 is 12.9. The third kappa shape index (κ3) is 5.05. The van der Waals surface area contributed by atoms with Gasteiger partial charge in [-0.25, -0.2) is 0 Å². The maximum atomic E-state index is 6.47. The first-order chi connectivity index (χ1) is 25.3. The summed E-state index contributed by atoms with van der Waals surface area (Å²) in [7, 11) is 0. The van der Waals surface area contributed by atoms with Gasteiger partial charge in [0.05, 0.1) is 0 Å². The minimum absolute atomic E-state index is 0.907. The molecule has 0 fully saturated rings. The van der Waals surface area contributed by atoms with Crippen LogP contribution in [0.5, 0.6) is 0 Å². The number of allylic oxidation sites excluding steroid dienone is 1. The topological polar surface area (TPSA) is 29.5 Å². The van der Waals surface area contributed by atoms with E-state index in [4.69, 9.17) is 8.83 Å². The smallest absolute Gasteiger partial charge is 0.143 e. The van der Waals surface area contributed by atoms with E-state index in [0.717, 1.165) is 85.4 Å². The van der Waals surface area contributed by atoms with E-state index in [0.29, 0.717) is 0 Å². The summed E-state index contributed by atoms with van der Waals surface area (Å²) in [5.74, 6) is 1.08. The minimum atomic E-state index is 0.907. The zero-order chi connectivity index (χ0) is 33.7. The summed E-state index contributed by atoms with van der Waals surface area (Å²) in [5.41, 5.74) is 14.0. The van der Waals surface area contributed by atoms with E-state index in [9.17, 15) is 0 Å². The molecule has 0 atom stereocenters. The Morgan fingerprint density at radius 1 is 0.431 bits per heavy atom. The second kappa shape index (κ2) is 12.1. The van der Waals surface area contributed by atoms with Crippen LogP contribution in [0.4, 0.5) is 17.1 Å². The zero-order valence-corrected chi connectivity index (χ0v) is 27.9. The van der Waals surface area contributed by atoms with Crippen LogP contribution < -0.4 is 4.90 Å². The van der Waals surface area contributed by atoms with E-state index in [1.165, 1.54) is 22.1 Å². The van der Waals surface area contributed by atoms with E-state index in [2.05, 4.69) is 169 Å². The quantitative estimate of drug-likeness (QED) is 0.179. The number of benzene rings is 7. The van der Waals surface area contributed by atoms with Gasteiger partial charge >= 0.3 is 0 Å². The van der Waals surface area contributed by atoms with Crippen molar-refractivity contribution in [2.45, 2.75) is 12.8 Å². The van der Waals surface area contributed by atoms with E-state index in [-0.39, 0.29) is 0 Å². The first-order valence-corrected chi connectivity index (χ1v) is 17.6.